The van der Waals surface area contributed by atoms with E-state index in [0.717, 1.165) is 11.6 Å². The fraction of sp³-hybridized carbons (Fsp3) is 0.400. The van der Waals surface area contributed by atoms with Gasteiger partial charge >= 0.3 is 0 Å². The summed E-state index contributed by atoms with van der Waals surface area (Å²) in [5, 5.41) is 0.369. The Balaban J connectivity index is 2.15. The van der Waals surface area contributed by atoms with Gasteiger partial charge in [-0.05, 0) is 46.2 Å². The number of hydrogen-bond acceptors (Lipinski definition) is 2. The average Bonchev–Trinajstić information content (AvgIpc) is 2.71. The number of imidazole rings is 1. The Morgan fingerprint density at radius 2 is 1.91 bits per heavy atom. The third-order valence-electron chi connectivity index (χ3n) is 3.19. The van der Waals surface area contributed by atoms with E-state index in [1.54, 1.807) is 12.1 Å². The Morgan fingerprint density at radius 1 is 1.27 bits per heavy atom. The van der Waals surface area contributed by atoms with Gasteiger partial charge in [-0.1, -0.05) is 31.2 Å². The van der Waals surface area contributed by atoms with Crippen LogP contribution in [0.2, 0.25) is 30.8 Å². The van der Waals surface area contributed by atoms with Crippen LogP contribution in [0.4, 0.5) is 4.39 Å². The molecule has 0 saturated heterocycles. The van der Waals surface area contributed by atoms with Gasteiger partial charge in [0.25, 0.3) is 0 Å². The fourth-order valence-electron chi connectivity index (χ4n) is 1.88. The van der Waals surface area contributed by atoms with Crippen molar-refractivity contribution in [2.45, 2.75) is 32.4 Å². The quantitative estimate of drug-likeness (QED) is 0.474. The van der Waals surface area contributed by atoms with Crippen molar-refractivity contribution in [1.82, 2.24) is 9.55 Å². The molecule has 7 heteroatoms. The normalized spacial score (nSPS) is 11.9. The van der Waals surface area contributed by atoms with Gasteiger partial charge in [0.05, 0.1) is 0 Å². The molecular weight excluding hydrogens is 387 g/mol. The van der Waals surface area contributed by atoms with Crippen molar-refractivity contribution in [3.8, 4) is 11.4 Å². The molecule has 1 heterocycles. The lowest BCUT2D eigenvalue weighted by Crippen LogP contribution is -2.22. The van der Waals surface area contributed by atoms with Crippen LogP contribution in [0, 0.1) is 5.82 Å². The summed E-state index contributed by atoms with van der Waals surface area (Å²) < 4.78 is 21.4. The van der Waals surface area contributed by atoms with Crippen LogP contribution in [0.15, 0.2) is 28.9 Å². The molecule has 120 valence electrons. The van der Waals surface area contributed by atoms with Crippen LogP contribution in [0.25, 0.3) is 11.4 Å². The first-order valence-corrected chi connectivity index (χ1v) is 11.9. The SMILES string of the molecule is C[Si](C)(C)CCOCn1c(-c2ccc(F)cc2)nc(Cl)c1Br. The smallest absolute Gasteiger partial charge is 0.162 e. The largest absolute Gasteiger partial charge is 0.361 e. The minimum absolute atomic E-state index is 0.279. The maximum Gasteiger partial charge on any atom is 0.162 e. The van der Waals surface area contributed by atoms with E-state index in [1.807, 2.05) is 4.57 Å². The summed E-state index contributed by atoms with van der Waals surface area (Å²) in [6.45, 7) is 8.00. The molecule has 0 unspecified atom stereocenters. The van der Waals surface area contributed by atoms with Crippen LogP contribution in [0.5, 0.6) is 0 Å². The van der Waals surface area contributed by atoms with Crippen LogP contribution >= 0.6 is 27.5 Å². The molecule has 0 aliphatic heterocycles. The van der Waals surface area contributed by atoms with Crippen molar-refractivity contribution in [2.24, 2.45) is 0 Å². The number of halogens is 3. The van der Waals surface area contributed by atoms with E-state index in [9.17, 15) is 4.39 Å². The molecule has 1 aromatic heterocycles. The second-order valence-electron chi connectivity index (χ2n) is 6.30. The van der Waals surface area contributed by atoms with Gasteiger partial charge in [-0.2, -0.15) is 0 Å². The molecule has 2 aromatic rings. The molecule has 0 saturated carbocycles. The fourth-order valence-corrected chi connectivity index (χ4v) is 3.17. The van der Waals surface area contributed by atoms with Gasteiger partial charge in [0.1, 0.15) is 23.0 Å². The second-order valence-corrected chi connectivity index (χ2v) is 13.0. The van der Waals surface area contributed by atoms with E-state index in [2.05, 4.69) is 40.6 Å². The first-order valence-electron chi connectivity index (χ1n) is 7.03. The number of benzene rings is 1. The van der Waals surface area contributed by atoms with E-state index in [4.69, 9.17) is 16.3 Å². The predicted octanol–water partition coefficient (Wildman–Crippen LogP) is 5.42. The van der Waals surface area contributed by atoms with E-state index in [-0.39, 0.29) is 5.82 Å². The van der Waals surface area contributed by atoms with Crippen molar-refractivity contribution in [3.05, 3.63) is 39.8 Å². The number of aromatic nitrogens is 2. The molecule has 0 N–H and O–H groups in total. The van der Waals surface area contributed by atoms with Crippen molar-refractivity contribution >= 4 is 35.6 Å². The van der Waals surface area contributed by atoms with E-state index in [1.165, 1.54) is 12.1 Å². The van der Waals surface area contributed by atoms with Crippen molar-refractivity contribution in [1.29, 1.82) is 0 Å². The monoisotopic (exact) mass is 404 g/mol. The lowest BCUT2D eigenvalue weighted by atomic mass is 10.2. The van der Waals surface area contributed by atoms with Crippen molar-refractivity contribution < 1.29 is 9.13 Å². The topological polar surface area (TPSA) is 27.1 Å². The molecule has 0 spiro atoms. The molecule has 22 heavy (non-hydrogen) atoms. The van der Waals surface area contributed by atoms with E-state index in [0.29, 0.717) is 28.9 Å². The molecule has 0 aliphatic carbocycles. The minimum Gasteiger partial charge on any atom is -0.361 e. The Labute approximate surface area is 144 Å². The van der Waals surface area contributed by atoms with Crippen molar-refractivity contribution in [2.75, 3.05) is 6.61 Å². The average molecular weight is 406 g/mol. The highest BCUT2D eigenvalue weighted by molar-refractivity contribution is 9.10. The van der Waals surface area contributed by atoms with Gasteiger partial charge in [-0.3, -0.25) is 4.57 Å². The molecule has 0 bridgehead atoms. The van der Waals surface area contributed by atoms with E-state index < -0.39 is 8.07 Å². The van der Waals surface area contributed by atoms with Gasteiger partial charge in [-0.25, -0.2) is 9.37 Å². The van der Waals surface area contributed by atoms with Crippen LogP contribution < -0.4 is 0 Å². The number of hydrogen-bond donors (Lipinski definition) is 0. The molecule has 0 fully saturated rings. The summed E-state index contributed by atoms with van der Waals surface area (Å²) in [6, 6.07) is 7.27. The van der Waals surface area contributed by atoms with Gasteiger partial charge in [0, 0.05) is 20.2 Å². The first-order chi connectivity index (χ1) is 10.3. The van der Waals surface area contributed by atoms with Crippen LogP contribution in [0.1, 0.15) is 0 Å². The number of ether oxygens (including phenoxy) is 1. The Bertz CT molecular complexity index is 640. The molecule has 0 aliphatic rings. The third-order valence-corrected chi connectivity index (χ3v) is 6.19. The lowest BCUT2D eigenvalue weighted by molar-refractivity contribution is 0.0869. The highest BCUT2D eigenvalue weighted by atomic mass is 79.9. The second kappa shape index (κ2) is 7.25. The molecule has 2 rings (SSSR count). The van der Waals surface area contributed by atoms with Gasteiger partial charge in [0.2, 0.25) is 0 Å². The lowest BCUT2D eigenvalue weighted by Gasteiger charge is -2.16. The highest BCUT2D eigenvalue weighted by Gasteiger charge is 2.16. The summed E-state index contributed by atoms with van der Waals surface area (Å²) in [4.78, 5) is 4.33. The van der Waals surface area contributed by atoms with Crippen molar-refractivity contribution in [3.63, 3.8) is 0 Å². The van der Waals surface area contributed by atoms with Crippen LogP contribution in [-0.2, 0) is 11.5 Å². The van der Waals surface area contributed by atoms with Gasteiger partial charge < -0.3 is 4.74 Å². The maximum atomic E-state index is 13.1. The number of nitrogens with zero attached hydrogens (tertiary/aromatic N) is 2. The van der Waals surface area contributed by atoms with Gasteiger partial charge in [0.15, 0.2) is 5.15 Å². The van der Waals surface area contributed by atoms with Gasteiger partial charge in [-0.15, -0.1) is 0 Å². The third kappa shape index (κ3) is 4.65. The summed E-state index contributed by atoms with van der Waals surface area (Å²) in [7, 11) is -1.12. The molecule has 0 radical (unpaired) electrons. The molecule has 1 aromatic carbocycles. The van der Waals surface area contributed by atoms with Crippen LogP contribution in [0.3, 0.4) is 0 Å². The molecule has 0 amide bonds. The van der Waals surface area contributed by atoms with E-state index >= 15 is 0 Å². The number of rotatable bonds is 6. The molecule has 3 nitrogen and oxygen atoms in total. The standard InChI is InChI=1S/C15H19BrClFN2OSi/c1-22(2,3)9-8-21-10-20-13(16)14(17)19-15(20)11-4-6-12(18)7-5-11/h4-7H,8-10H2,1-3H3. The summed E-state index contributed by atoms with van der Waals surface area (Å²) in [5.41, 5.74) is 0.794. The zero-order valence-electron chi connectivity index (χ0n) is 12.9. The Morgan fingerprint density at radius 3 is 2.50 bits per heavy atom. The molecule has 0 atom stereocenters. The summed E-state index contributed by atoms with van der Waals surface area (Å²) in [6.07, 6.45) is 0. The highest BCUT2D eigenvalue weighted by Crippen LogP contribution is 2.29. The zero-order valence-corrected chi connectivity index (χ0v) is 16.2. The summed E-state index contributed by atoms with van der Waals surface area (Å²) in [5.74, 6) is 0.378. The molecular formula is C15H19BrClFN2OSi. The first kappa shape index (κ1) is 17.7. The summed E-state index contributed by atoms with van der Waals surface area (Å²) >= 11 is 9.53. The predicted molar refractivity (Wildman–Crippen MR) is 94.4 cm³/mol. The maximum absolute atomic E-state index is 13.1. The zero-order chi connectivity index (χ0) is 16.3. The minimum atomic E-state index is -1.12. The Hall–Kier alpha value is -0.693. The van der Waals surface area contributed by atoms with Crippen LogP contribution in [-0.4, -0.2) is 24.2 Å². The Kier molecular flexibility index (Phi) is 5.82.